The molecule has 1 aromatic carbocycles. The summed E-state index contributed by atoms with van der Waals surface area (Å²) in [6.45, 7) is 4.02. The zero-order valence-corrected chi connectivity index (χ0v) is 18.2. The largest absolute Gasteiger partial charge is 0.354 e. The van der Waals surface area contributed by atoms with Crippen LogP contribution in [-0.4, -0.2) is 54.0 Å². The summed E-state index contributed by atoms with van der Waals surface area (Å²) in [7, 11) is 2.14. The van der Waals surface area contributed by atoms with Crippen LogP contribution in [0.2, 0.25) is 0 Å². The van der Waals surface area contributed by atoms with Crippen molar-refractivity contribution in [2.45, 2.75) is 0 Å². The van der Waals surface area contributed by atoms with Gasteiger partial charge in [0.25, 0.3) is 5.91 Å². The van der Waals surface area contributed by atoms with Crippen LogP contribution >= 0.6 is 22.7 Å². The van der Waals surface area contributed by atoms with Gasteiger partial charge < -0.3 is 15.1 Å². The first-order chi connectivity index (χ1) is 14.7. The second-order valence-corrected chi connectivity index (χ2v) is 9.41. The maximum absolute atomic E-state index is 12.7. The topological polar surface area (TPSA) is 61.4 Å². The van der Waals surface area contributed by atoms with Crippen molar-refractivity contribution in [3.8, 4) is 9.88 Å². The highest BCUT2D eigenvalue weighted by atomic mass is 32.1. The third kappa shape index (κ3) is 3.94. The monoisotopic (exact) mass is 435 g/mol. The fourth-order valence-electron chi connectivity index (χ4n) is 3.43. The van der Waals surface area contributed by atoms with Crippen LogP contribution in [0.3, 0.4) is 0 Å². The average molecular weight is 436 g/mol. The van der Waals surface area contributed by atoms with E-state index in [0.29, 0.717) is 10.6 Å². The normalized spacial score (nSPS) is 14.9. The number of amides is 1. The van der Waals surface area contributed by atoms with Gasteiger partial charge in [-0.3, -0.25) is 4.79 Å². The van der Waals surface area contributed by atoms with Gasteiger partial charge in [0.2, 0.25) is 0 Å². The first kappa shape index (κ1) is 19.2. The highest BCUT2D eigenvalue weighted by Gasteiger charge is 2.16. The van der Waals surface area contributed by atoms with E-state index in [9.17, 15) is 4.79 Å². The molecular weight excluding hydrogens is 414 g/mol. The van der Waals surface area contributed by atoms with E-state index in [0.717, 1.165) is 52.1 Å². The third-order valence-corrected chi connectivity index (χ3v) is 7.46. The first-order valence-corrected chi connectivity index (χ1v) is 11.5. The zero-order valence-electron chi connectivity index (χ0n) is 16.5. The van der Waals surface area contributed by atoms with Crippen LogP contribution in [0.5, 0.6) is 0 Å². The van der Waals surface area contributed by atoms with Crippen molar-refractivity contribution in [1.29, 1.82) is 0 Å². The standard InChI is InChI=1S/C22H21N5OS2/c1-26-10-12-27(13-11-26)20-9-6-15(14-23-20)24-21(28)18-7-8-19(29-18)22-25-16-4-2-3-5-17(16)30-22/h2-9,14H,10-13H2,1H3,(H,24,28). The highest BCUT2D eigenvalue weighted by molar-refractivity contribution is 7.26. The SMILES string of the molecule is CN1CCN(c2ccc(NC(=O)c3ccc(-c4nc5ccccc5s4)s3)cn2)CC1. The number of piperazine rings is 1. The summed E-state index contributed by atoms with van der Waals surface area (Å²) in [6, 6.07) is 15.8. The number of hydrogen-bond acceptors (Lipinski definition) is 7. The molecule has 3 aromatic heterocycles. The van der Waals surface area contributed by atoms with Gasteiger partial charge in [0.15, 0.2) is 0 Å². The van der Waals surface area contributed by atoms with Gasteiger partial charge in [-0.15, -0.1) is 22.7 Å². The second-order valence-electron chi connectivity index (χ2n) is 7.30. The third-order valence-electron chi connectivity index (χ3n) is 5.17. The summed E-state index contributed by atoms with van der Waals surface area (Å²) < 4.78 is 1.15. The zero-order chi connectivity index (χ0) is 20.5. The molecular formula is C22H21N5OS2. The Morgan fingerprint density at radius 3 is 2.60 bits per heavy atom. The molecule has 1 saturated heterocycles. The molecule has 6 nitrogen and oxygen atoms in total. The minimum absolute atomic E-state index is 0.124. The number of thiophene rings is 1. The number of nitrogens with zero attached hydrogens (tertiary/aromatic N) is 4. The number of thiazole rings is 1. The van der Waals surface area contributed by atoms with Crippen molar-refractivity contribution < 1.29 is 4.79 Å². The van der Waals surface area contributed by atoms with Crippen molar-refractivity contribution in [3.05, 3.63) is 59.6 Å². The number of hydrogen-bond donors (Lipinski definition) is 1. The van der Waals surface area contributed by atoms with Crippen molar-refractivity contribution in [1.82, 2.24) is 14.9 Å². The molecule has 0 atom stereocenters. The lowest BCUT2D eigenvalue weighted by molar-refractivity contribution is 0.103. The molecule has 0 aliphatic carbocycles. The molecule has 0 spiro atoms. The number of carbonyl (C=O) groups excluding carboxylic acids is 1. The van der Waals surface area contributed by atoms with Crippen LogP contribution in [0.1, 0.15) is 9.67 Å². The Kier molecular flexibility index (Phi) is 5.20. The highest BCUT2D eigenvalue weighted by Crippen LogP contribution is 2.34. The number of rotatable bonds is 4. The quantitative estimate of drug-likeness (QED) is 0.514. The molecule has 152 valence electrons. The molecule has 1 fully saturated rings. The maximum Gasteiger partial charge on any atom is 0.265 e. The molecule has 1 amide bonds. The number of likely N-dealkylation sites (N-methyl/N-ethyl adjacent to an activating group) is 1. The van der Waals surface area contributed by atoms with Gasteiger partial charge in [0.05, 0.1) is 31.9 Å². The Bertz CT molecular complexity index is 1140. The van der Waals surface area contributed by atoms with E-state index in [1.54, 1.807) is 17.5 Å². The van der Waals surface area contributed by atoms with Crippen LogP contribution in [0.15, 0.2) is 54.7 Å². The predicted octanol–water partition coefficient (Wildman–Crippen LogP) is 4.42. The van der Waals surface area contributed by atoms with Crippen LogP contribution in [0.4, 0.5) is 11.5 Å². The first-order valence-electron chi connectivity index (χ1n) is 9.82. The molecule has 0 saturated carbocycles. The molecule has 0 radical (unpaired) electrons. The van der Waals surface area contributed by atoms with Crippen molar-refractivity contribution in [3.63, 3.8) is 0 Å². The lowest BCUT2D eigenvalue weighted by Gasteiger charge is -2.33. The van der Waals surface area contributed by atoms with Gasteiger partial charge in [-0.25, -0.2) is 9.97 Å². The Balaban J connectivity index is 1.26. The molecule has 30 heavy (non-hydrogen) atoms. The number of nitrogens with one attached hydrogen (secondary N) is 1. The van der Waals surface area contributed by atoms with E-state index in [2.05, 4.69) is 38.2 Å². The minimum atomic E-state index is -0.124. The number of aromatic nitrogens is 2. The molecule has 4 aromatic rings. The summed E-state index contributed by atoms with van der Waals surface area (Å²) in [4.78, 5) is 28.2. The van der Waals surface area contributed by atoms with E-state index in [-0.39, 0.29) is 5.91 Å². The van der Waals surface area contributed by atoms with Gasteiger partial charge in [-0.1, -0.05) is 12.1 Å². The minimum Gasteiger partial charge on any atom is -0.354 e. The number of benzene rings is 1. The van der Waals surface area contributed by atoms with Crippen molar-refractivity contribution >= 4 is 50.3 Å². The van der Waals surface area contributed by atoms with Crippen LogP contribution in [0.25, 0.3) is 20.1 Å². The van der Waals surface area contributed by atoms with E-state index < -0.39 is 0 Å². The van der Waals surface area contributed by atoms with Crippen LogP contribution in [0, 0.1) is 0 Å². The maximum atomic E-state index is 12.7. The van der Waals surface area contributed by atoms with Gasteiger partial charge >= 0.3 is 0 Å². The number of carbonyl (C=O) groups is 1. The molecule has 1 aliphatic heterocycles. The lowest BCUT2D eigenvalue weighted by atomic mass is 10.3. The Morgan fingerprint density at radius 2 is 1.83 bits per heavy atom. The van der Waals surface area contributed by atoms with Gasteiger partial charge in [-0.05, 0) is 43.4 Å². The van der Waals surface area contributed by atoms with E-state index >= 15 is 0 Å². The molecule has 1 aliphatic rings. The molecule has 0 unspecified atom stereocenters. The Hall–Kier alpha value is -2.81. The number of fused-ring (bicyclic) bond motifs is 1. The Labute approximate surface area is 182 Å². The van der Waals surface area contributed by atoms with E-state index in [4.69, 9.17) is 0 Å². The molecule has 0 bridgehead atoms. The smallest absolute Gasteiger partial charge is 0.265 e. The molecule has 5 rings (SSSR count). The average Bonchev–Trinajstić information content (AvgIpc) is 3.42. The van der Waals surface area contributed by atoms with Crippen molar-refractivity contribution in [2.75, 3.05) is 43.4 Å². The number of anilines is 2. The van der Waals surface area contributed by atoms with Gasteiger partial charge in [-0.2, -0.15) is 0 Å². The summed E-state index contributed by atoms with van der Waals surface area (Å²) in [6.07, 6.45) is 1.73. The fourth-order valence-corrected chi connectivity index (χ4v) is 5.35. The number of pyridine rings is 1. The van der Waals surface area contributed by atoms with Crippen LogP contribution in [-0.2, 0) is 0 Å². The van der Waals surface area contributed by atoms with Crippen LogP contribution < -0.4 is 10.2 Å². The predicted molar refractivity (Wildman–Crippen MR) is 125 cm³/mol. The van der Waals surface area contributed by atoms with Crippen molar-refractivity contribution in [2.24, 2.45) is 0 Å². The van der Waals surface area contributed by atoms with Gasteiger partial charge in [0.1, 0.15) is 10.8 Å². The second kappa shape index (κ2) is 8.14. The van der Waals surface area contributed by atoms with Gasteiger partial charge in [0, 0.05) is 26.2 Å². The number of para-hydroxylation sites is 1. The summed E-state index contributed by atoms with van der Waals surface area (Å²) >= 11 is 3.10. The van der Waals surface area contributed by atoms with E-state index in [1.807, 2.05) is 42.5 Å². The summed E-state index contributed by atoms with van der Waals surface area (Å²) in [5, 5.41) is 3.90. The lowest BCUT2D eigenvalue weighted by Crippen LogP contribution is -2.44. The Morgan fingerprint density at radius 1 is 1.00 bits per heavy atom. The summed E-state index contributed by atoms with van der Waals surface area (Å²) in [5.74, 6) is 0.830. The molecule has 8 heteroatoms. The fraction of sp³-hybridized carbons (Fsp3) is 0.227. The summed E-state index contributed by atoms with van der Waals surface area (Å²) in [5.41, 5.74) is 1.69. The molecule has 1 N–H and O–H groups in total. The molecule has 4 heterocycles. The van der Waals surface area contributed by atoms with E-state index in [1.165, 1.54) is 11.3 Å².